The van der Waals surface area contributed by atoms with Gasteiger partial charge in [0.05, 0.1) is 0 Å². The molecule has 4 heteroatoms. The molecule has 0 amide bonds. The van der Waals surface area contributed by atoms with E-state index >= 15 is 0 Å². The van der Waals surface area contributed by atoms with E-state index in [1.54, 1.807) is 0 Å². The van der Waals surface area contributed by atoms with E-state index in [-0.39, 0.29) is 0 Å². The van der Waals surface area contributed by atoms with E-state index in [1.165, 1.54) is 7.11 Å². The predicted molar refractivity (Wildman–Crippen MR) is 9.91 cm³/mol. The Morgan fingerprint density at radius 2 is 2.20 bits per heavy atom. The van der Waals surface area contributed by atoms with E-state index < -0.39 is 18.6 Å². The van der Waals surface area contributed by atoms with Crippen molar-refractivity contribution in [3.8, 4) is 0 Å². The second-order valence-corrected chi connectivity index (χ2v) is 1.94. The molecular formula is CH4O3Ti. The second kappa shape index (κ2) is 2.66. The van der Waals surface area contributed by atoms with Gasteiger partial charge in [-0.3, -0.25) is 0 Å². The number of hydrogen-bond acceptors (Lipinski definition) is 2. The van der Waals surface area contributed by atoms with Crippen LogP contribution in [0.25, 0.3) is 0 Å². The third kappa shape index (κ3) is 4.43. The molecule has 0 aromatic heterocycles. The first-order chi connectivity index (χ1) is 2.27. The SMILES string of the molecule is C[O][Ti](=[O])[OH]. The van der Waals surface area contributed by atoms with E-state index in [0.29, 0.717) is 0 Å². The van der Waals surface area contributed by atoms with Gasteiger partial charge in [0.25, 0.3) is 0 Å². The van der Waals surface area contributed by atoms with Gasteiger partial charge in [0.1, 0.15) is 0 Å². The first-order valence-electron chi connectivity index (χ1n) is 1.04. The Balaban J connectivity index is 2.85. The molecule has 0 fully saturated rings. The first-order valence-corrected chi connectivity index (χ1v) is 3.01. The zero-order valence-corrected chi connectivity index (χ0v) is 4.33. The maximum absolute atomic E-state index is 9.40. The third-order valence-electron chi connectivity index (χ3n) is 0.175. The van der Waals surface area contributed by atoms with Gasteiger partial charge in [-0.05, 0) is 0 Å². The molecule has 0 bridgehead atoms. The van der Waals surface area contributed by atoms with Gasteiger partial charge < -0.3 is 0 Å². The van der Waals surface area contributed by atoms with E-state index in [1.807, 2.05) is 0 Å². The molecule has 5 heavy (non-hydrogen) atoms. The van der Waals surface area contributed by atoms with Crippen molar-refractivity contribution in [3.63, 3.8) is 0 Å². The van der Waals surface area contributed by atoms with Gasteiger partial charge in [0.2, 0.25) is 0 Å². The van der Waals surface area contributed by atoms with Crippen LogP contribution < -0.4 is 0 Å². The summed E-state index contributed by atoms with van der Waals surface area (Å²) in [6.45, 7) is 0. The zero-order valence-electron chi connectivity index (χ0n) is 2.76. The van der Waals surface area contributed by atoms with Crippen molar-refractivity contribution in [1.29, 1.82) is 0 Å². The molecule has 0 radical (unpaired) electrons. The average molecular weight is 112 g/mol. The van der Waals surface area contributed by atoms with Crippen molar-refractivity contribution >= 4 is 0 Å². The Kier molecular flexibility index (Phi) is 2.89. The minimum atomic E-state index is -3.11. The van der Waals surface area contributed by atoms with E-state index in [4.69, 9.17) is 3.69 Å². The fraction of sp³-hybridized carbons (Fsp3) is 1.00. The Labute approximate surface area is 36.7 Å². The normalized spacial score (nSPS) is 7.60. The molecule has 0 saturated carbocycles. The first kappa shape index (κ1) is 5.43. The molecule has 0 aromatic rings. The van der Waals surface area contributed by atoms with Gasteiger partial charge in [-0.15, -0.1) is 0 Å². The molecule has 0 aliphatic heterocycles. The molecule has 0 aliphatic rings. The molecule has 0 rings (SSSR count). The summed E-state index contributed by atoms with van der Waals surface area (Å²) in [7, 11) is 1.21. The van der Waals surface area contributed by atoms with Crippen LogP contribution in [-0.2, 0) is 25.3 Å². The number of hydrogen-bond donors (Lipinski definition) is 1. The Hall–Kier alpha value is 0.434. The molecule has 1 N–H and O–H groups in total. The molecule has 0 atom stereocenters. The van der Waals surface area contributed by atoms with Crippen molar-refractivity contribution < 1.29 is 28.9 Å². The summed E-state index contributed by atoms with van der Waals surface area (Å²) in [4.78, 5) is 0. The standard InChI is InChI=1S/CH3O.H2O.O.Ti/c1-2;;;/h1H3;1H2;;/q-1;;;+2/p-1. The van der Waals surface area contributed by atoms with Crippen molar-refractivity contribution in [2.75, 3.05) is 7.11 Å². The Morgan fingerprint density at radius 3 is 2.20 bits per heavy atom. The monoisotopic (exact) mass is 112 g/mol. The second-order valence-electron chi connectivity index (χ2n) is 0.470. The van der Waals surface area contributed by atoms with Crippen LogP contribution in [0.1, 0.15) is 0 Å². The number of rotatable bonds is 1. The summed E-state index contributed by atoms with van der Waals surface area (Å²) in [6, 6.07) is 0. The van der Waals surface area contributed by atoms with Gasteiger partial charge in [-0.2, -0.15) is 0 Å². The van der Waals surface area contributed by atoms with Crippen LogP contribution in [-0.4, -0.2) is 10.8 Å². The predicted octanol–water partition coefficient (Wildman–Crippen LogP) is -0.581. The molecular weight excluding hydrogens is 108 g/mol. The van der Waals surface area contributed by atoms with Crippen molar-refractivity contribution in [2.24, 2.45) is 0 Å². The van der Waals surface area contributed by atoms with Crippen LogP contribution in [0.3, 0.4) is 0 Å². The van der Waals surface area contributed by atoms with Gasteiger partial charge in [0.15, 0.2) is 0 Å². The van der Waals surface area contributed by atoms with E-state index in [9.17, 15) is 3.32 Å². The molecule has 0 spiro atoms. The average Bonchev–Trinajstić information content (AvgIpc) is 1.38. The molecule has 0 heterocycles. The fourth-order valence-electron chi connectivity index (χ4n) is 0. The van der Waals surface area contributed by atoms with Gasteiger partial charge in [-0.25, -0.2) is 0 Å². The zero-order chi connectivity index (χ0) is 4.28. The van der Waals surface area contributed by atoms with Crippen LogP contribution >= 0.6 is 0 Å². The molecule has 0 aromatic carbocycles. The molecule has 0 saturated heterocycles. The van der Waals surface area contributed by atoms with Crippen LogP contribution in [0.4, 0.5) is 0 Å². The molecule has 0 unspecified atom stereocenters. The molecule has 3 nitrogen and oxygen atoms in total. The van der Waals surface area contributed by atoms with Crippen molar-refractivity contribution in [1.82, 2.24) is 0 Å². The molecule has 0 aliphatic carbocycles. The van der Waals surface area contributed by atoms with Crippen LogP contribution in [0.15, 0.2) is 0 Å². The quantitative estimate of drug-likeness (QED) is 0.461. The van der Waals surface area contributed by atoms with Crippen LogP contribution in [0.5, 0.6) is 0 Å². The van der Waals surface area contributed by atoms with Crippen LogP contribution in [0.2, 0.25) is 0 Å². The van der Waals surface area contributed by atoms with Gasteiger partial charge >= 0.3 is 36.1 Å². The topological polar surface area (TPSA) is 46.5 Å². The Bertz CT molecular complexity index is 42.2. The summed E-state index contributed by atoms with van der Waals surface area (Å²) in [5.74, 6) is 0. The van der Waals surface area contributed by atoms with Crippen molar-refractivity contribution in [3.05, 3.63) is 0 Å². The summed E-state index contributed by atoms with van der Waals surface area (Å²) >= 11 is -3.11. The van der Waals surface area contributed by atoms with E-state index in [2.05, 4.69) is 3.32 Å². The third-order valence-corrected chi connectivity index (χ3v) is 0.720. The van der Waals surface area contributed by atoms with Crippen LogP contribution in [0, 0.1) is 0 Å². The Morgan fingerprint density at radius 1 is 2.00 bits per heavy atom. The minimum absolute atomic E-state index is 1.21. The summed E-state index contributed by atoms with van der Waals surface area (Å²) in [5.41, 5.74) is 0. The molecule has 30 valence electrons. The fourth-order valence-corrected chi connectivity index (χ4v) is 0. The van der Waals surface area contributed by atoms with Gasteiger partial charge in [-0.1, -0.05) is 0 Å². The van der Waals surface area contributed by atoms with Crippen molar-refractivity contribution in [2.45, 2.75) is 0 Å². The van der Waals surface area contributed by atoms with Gasteiger partial charge in [0, 0.05) is 0 Å². The van der Waals surface area contributed by atoms with E-state index in [0.717, 1.165) is 0 Å². The maximum atomic E-state index is 9.40. The summed E-state index contributed by atoms with van der Waals surface area (Å²) in [6.07, 6.45) is 0. The summed E-state index contributed by atoms with van der Waals surface area (Å²) in [5, 5.41) is 0. The summed E-state index contributed by atoms with van der Waals surface area (Å²) < 4.78 is 21.1.